The summed E-state index contributed by atoms with van der Waals surface area (Å²) in [7, 11) is 0. The summed E-state index contributed by atoms with van der Waals surface area (Å²) >= 11 is 1.56. The number of hydrogen-bond acceptors (Lipinski definition) is 7. The standard InChI is InChI=1S/C27H45NO6S/c1-4-5-6-7-8-9-10-11-12-13-15-31-20-27-25(33-26(2,3)34-27)24(30)22(32-27)18-28-23(29)17-21-14-16-35-19-21/h14,16,19,22,24-25,30H,4-13,15,17-18,20H2,1-3H3,(H,28,29)/t22-,24+,25-,27-/m0/s1. The number of amides is 1. The molecule has 2 aliphatic heterocycles. The van der Waals surface area contributed by atoms with Crippen molar-refractivity contribution in [2.24, 2.45) is 0 Å². The lowest BCUT2D eigenvalue weighted by Gasteiger charge is -2.28. The molecule has 0 unspecified atom stereocenters. The van der Waals surface area contributed by atoms with Crippen molar-refractivity contribution in [3.8, 4) is 0 Å². The number of ether oxygens (including phenoxy) is 4. The first-order valence-electron chi connectivity index (χ1n) is 13.4. The minimum absolute atomic E-state index is 0.107. The molecule has 8 heteroatoms. The summed E-state index contributed by atoms with van der Waals surface area (Å²) < 4.78 is 24.2. The normalized spacial score (nSPS) is 27.3. The monoisotopic (exact) mass is 511 g/mol. The first kappa shape index (κ1) is 28.5. The van der Waals surface area contributed by atoms with Crippen LogP contribution in [0.2, 0.25) is 0 Å². The summed E-state index contributed by atoms with van der Waals surface area (Å²) in [6.45, 7) is 6.87. The molecule has 2 N–H and O–H groups in total. The van der Waals surface area contributed by atoms with Crippen LogP contribution in [0.5, 0.6) is 0 Å². The van der Waals surface area contributed by atoms with E-state index in [1.165, 1.54) is 51.4 Å². The number of aliphatic hydroxyl groups is 1. The lowest BCUT2D eigenvalue weighted by Crippen LogP contribution is -2.45. The first-order chi connectivity index (χ1) is 16.9. The molecule has 2 fully saturated rings. The molecular formula is C27H45NO6S. The van der Waals surface area contributed by atoms with Gasteiger partial charge in [0.05, 0.1) is 6.42 Å². The van der Waals surface area contributed by atoms with Crippen LogP contribution >= 0.6 is 11.3 Å². The van der Waals surface area contributed by atoms with Crippen LogP contribution in [-0.4, -0.2) is 60.7 Å². The Hall–Kier alpha value is -1.03. The summed E-state index contributed by atoms with van der Waals surface area (Å²) in [6.07, 6.45) is 10.8. The fourth-order valence-electron chi connectivity index (χ4n) is 4.91. The molecule has 0 spiro atoms. The second-order valence-corrected chi connectivity index (χ2v) is 11.1. The Labute approximate surface area is 214 Å². The van der Waals surface area contributed by atoms with Crippen molar-refractivity contribution in [2.75, 3.05) is 19.8 Å². The Kier molecular flexibility index (Phi) is 11.5. The van der Waals surface area contributed by atoms with E-state index in [9.17, 15) is 9.90 Å². The van der Waals surface area contributed by atoms with Crippen LogP contribution in [0.4, 0.5) is 0 Å². The molecule has 7 nitrogen and oxygen atoms in total. The molecule has 0 aliphatic carbocycles. The average molecular weight is 512 g/mol. The van der Waals surface area contributed by atoms with Crippen LogP contribution in [0.15, 0.2) is 16.8 Å². The van der Waals surface area contributed by atoms with E-state index in [4.69, 9.17) is 18.9 Å². The fourth-order valence-corrected chi connectivity index (χ4v) is 5.57. The maximum absolute atomic E-state index is 12.3. The molecular weight excluding hydrogens is 466 g/mol. The second-order valence-electron chi connectivity index (χ2n) is 10.3. The van der Waals surface area contributed by atoms with E-state index in [0.717, 1.165) is 18.4 Å². The van der Waals surface area contributed by atoms with Gasteiger partial charge < -0.3 is 29.4 Å². The van der Waals surface area contributed by atoms with Crippen molar-refractivity contribution < 1.29 is 28.8 Å². The van der Waals surface area contributed by atoms with Gasteiger partial charge in [-0.2, -0.15) is 11.3 Å². The molecule has 0 bridgehead atoms. The van der Waals surface area contributed by atoms with Gasteiger partial charge in [0.1, 0.15) is 24.9 Å². The second kappa shape index (κ2) is 14.1. The Morgan fingerprint density at radius 3 is 2.43 bits per heavy atom. The van der Waals surface area contributed by atoms with Crippen molar-refractivity contribution >= 4 is 17.2 Å². The molecule has 200 valence electrons. The molecule has 0 saturated carbocycles. The maximum Gasteiger partial charge on any atom is 0.224 e. The van der Waals surface area contributed by atoms with Crippen molar-refractivity contribution in [2.45, 2.75) is 121 Å². The zero-order valence-corrected chi connectivity index (χ0v) is 22.6. The van der Waals surface area contributed by atoms with Gasteiger partial charge in [0.15, 0.2) is 5.79 Å². The molecule has 2 aliphatic rings. The van der Waals surface area contributed by atoms with Crippen LogP contribution in [0.25, 0.3) is 0 Å². The summed E-state index contributed by atoms with van der Waals surface area (Å²) in [5.74, 6) is -2.15. The summed E-state index contributed by atoms with van der Waals surface area (Å²) in [5.41, 5.74) is 0.975. The van der Waals surface area contributed by atoms with Crippen molar-refractivity contribution in [1.29, 1.82) is 0 Å². The SMILES string of the molecule is CCCCCCCCCCCCOC[C@@]12O[C@@H](CNC(=O)Cc3ccsc3)[C@@H](O)[C@@H]1OC(C)(C)O2. The fraction of sp³-hybridized carbons (Fsp3) is 0.815. The predicted molar refractivity (Wildman–Crippen MR) is 137 cm³/mol. The highest BCUT2D eigenvalue weighted by atomic mass is 32.1. The number of carbonyl (C=O) groups excluding carboxylic acids is 1. The number of thiophene rings is 1. The van der Waals surface area contributed by atoms with Gasteiger partial charge in [-0.25, -0.2) is 0 Å². The summed E-state index contributed by atoms with van der Waals surface area (Å²) in [5, 5.41) is 17.6. The quantitative estimate of drug-likeness (QED) is 0.288. The van der Waals surface area contributed by atoms with E-state index in [1.807, 2.05) is 30.7 Å². The number of nitrogens with one attached hydrogen (secondary N) is 1. The van der Waals surface area contributed by atoms with Crippen molar-refractivity contribution in [3.63, 3.8) is 0 Å². The molecule has 3 heterocycles. The maximum atomic E-state index is 12.3. The van der Waals surface area contributed by atoms with E-state index >= 15 is 0 Å². The van der Waals surface area contributed by atoms with Gasteiger partial charge in [0.25, 0.3) is 0 Å². The van der Waals surface area contributed by atoms with Crippen molar-refractivity contribution in [3.05, 3.63) is 22.4 Å². The number of carbonyl (C=O) groups is 1. The zero-order valence-electron chi connectivity index (χ0n) is 21.8. The molecule has 2 saturated heterocycles. The Morgan fingerprint density at radius 2 is 1.77 bits per heavy atom. The van der Waals surface area contributed by atoms with Gasteiger partial charge in [-0.3, -0.25) is 4.79 Å². The van der Waals surface area contributed by atoms with Gasteiger partial charge in [-0.15, -0.1) is 0 Å². The molecule has 4 atom stereocenters. The first-order valence-corrected chi connectivity index (χ1v) is 14.4. The van der Waals surface area contributed by atoms with E-state index in [-0.39, 0.29) is 19.1 Å². The lowest BCUT2D eigenvalue weighted by atomic mass is 10.1. The van der Waals surface area contributed by atoms with Crippen LogP contribution in [0, 0.1) is 0 Å². The lowest BCUT2D eigenvalue weighted by molar-refractivity contribution is -0.277. The molecule has 3 rings (SSSR count). The Bertz CT molecular complexity index is 742. The number of rotatable bonds is 17. The third-order valence-corrected chi connectivity index (χ3v) is 7.43. The van der Waals surface area contributed by atoms with E-state index in [2.05, 4.69) is 12.2 Å². The smallest absolute Gasteiger partial charge is 0.224 e. The third-order valence-electron chi connectivity index (χ3n) is 6.70. The summed E-state index contributed by atoms with van der Waals surface area (Å²) in [4.78, 5) is 12.3. The number of aliphatic hydroxyl groups excluding tert-OH is 1. The zero-order chi connectivity index (χ0) is 25.2. The van der Waals surface area contributed by atoms with Gasteiger partial charge in [0, 0.05) is 13.2 Å². The number of hydrogen-bond donors (Lipinski definition) is 2. The highest BCUT2D eigenvalue weighted by Crippen LogP contribution is 2.45. The minimum Gasteiger partial charge on any atom is -0.387 e. The largest absolute Gasteiger partial charge is 0.387 e. The highest BCUT2D eigenvalue weighted by Gasteiger charge is 2.64. The molecule has 1 aromatic rings. The van der Waals surface area contributed by atoms with Crippen molar-refractivity contribution in [1.82, 2.24) is 5.32 Å². The van der Waals surface area contributed by atoms with Gasteiger partial charge >= 0.3 is 0 Å². The van der Waals surface area contributed by atoms with E-state index < -0.39 is 29.9 Å². The molecule has 0 radical (unpaired) electrons. The van der Waals surface area contributed by atoms with E-state index in [1.54, 1.807) is 11.3 Å². The third kappa shape index (κ3) is 8.79. The van der Waals surface area contributed by atoms with E-state index in [0.29, 0.717) is 13.0 Å². The van der Waals surface area contributed by atoms with Crippen LogP contribution in [0.3, 0.4) is 0 Å². The van der Waals surface area contributed by atoms with Gasteiger partial charge in [0.2, 0.25) is 11.7 Å². The van der Waals surface area contributed by atoms with Crippen LogP contribution < -0.4 is 5.32 Å². The molecule has 0 aromatic carbocycles. The Morgan fingerprint density at radius 1 is 1.09 bits per heavy atom. The van der Waals surface area contributed by atoms with Crippen LogP contribution in [0.1, 0.15) is 90.5 Å². The molecule has 35 heavy (non-hydrogen) atoms. The predicted octanol–water partition coefficient (Wildman–Crippen LogP) is 4.95. The van der Waals surface area contributed by atoms with Gasteiger partial charge in [-0.05, 0) is 42.7 Å². The Balaban J connectivity index is 1.36. The minimum atomic E-state index is -1.16. The summed E-state index contributed by atoms with van der Waals surface area (Å²) in [6, 6.07) is 1.93. The van der Waals surface area contributed by atoms with Crippen LogP contribution in [-0.2, 0) is 30.2 Å². The molecule has 1 aromatic heterocycles. The topological polar surface area (TPSA) is 86.3 Å². The number of fused-ring (bicyclic) bond motifs is 1. The number of unbranched alkanes of at least 4 members (excludes halogenated alkanes) is 9. The molecule has 1 amide bonds. The average Bonchev–Trinajstić information content (AvgIpc) is 3.47. The highest BCUT2D eigenvalue weighted by molar-refractivity contribution is 7.08. The van der Waals surface area contributed by atoms with Gasteiger partial charge in [-0.1, -0.05) is 64.7 Å².